The molecule has 2 aromatic rings. The van der Waals surface area contributed by atoms with Crippen molar-refractivity contribution in [1.82, 2.24) is 0 Å². The molecule has 1 saturated heterocycles. The van der Waals surface area contributed by atoms with Crippen molar-refractivity contribution in [2.45, 2.75) is 72.2 Å². The van der Waals surface area contributed by atoms with E-state index in [0.717, 1.165) is 60.8 Å². The van der Waals surface area contributed by atoms with Gasteiger partial charge in [0.15, 0.2) is 12.2 Å². The fraction of sp³-hybridized carbons (Fsp3) is 0.394. The molecule has 18 heteroatoms. The van der Waals surface area contributed by atoms with Gasteiger partial charge >= 0.3 is 41.8 Å². The molecule has 5 atom stereocenters. The molecule has 0 unspecified atom stereocenters. The van der Waals surface area contributed by atoms with Gasteiger partial charge in [-0.15, -0.1) is 0 Å². The first-order valence-electron chi connectivity index (χ1n) is 15.0. The maximum atomic E-state index is 13.8. The summed E-state index contributed by atoms with van der Waals surface area (Å²) >= 11 is 0. The Balaban J connectivity index is 2.13. The number of rotatable bonds is 12. The van der Waals surface area contributed by atoms with Crippen LogP contribution in [0, 0.1) is 0 Å². The van der Waals surface area contributed by atoms with E-state index in [1.165, 1.54) is 24.3 Å². The third kappa shape index (κ3) is 11.2. The minimum atomic E-state index is -1.73. The number of nitrogens with one attached hydrogen (secondary N) is 1. The summed E-state index contributed by atoms with van der Waals surface area (Å²) in [5.74, 6) is -7.05. The van der Waals surface area contributed by atoms with Gasteiger partial charge in [0.25, 0.3) is 5.91 Å². The van der Waals surface area contributed by atoms with E-state index in [9.17, 15) is 38.4 Å². The topological polar surface area (TPSA) is 232 Å². The summed E-state index contributed by atoms with van der Waals surface area (Å²) in [5, 5.41) is 2.52. The molecule has 0 spiro atoms. The fourth-order valence-corrected chi connectivity index (χ4v) is 4.76. The van der Waals surface area contributed by atoms with E-state index in [1.807, 2.05) is 0 Å². The predicted octanol–water partition coefficient (Wildman–Crippen LogP) is 2.04. The molecule has 1 amide bonds. The number of carbonyl (C=O) groups excluding carboxylic acids is 8. The first-order chi connectivity index (χ1) is 24.0. The van der Waals surface area contributed by atoms with E-state index in [2.05, 4.69) is 5.32 Å². The summed E-state index contributed by atoms with van der Waals surface area (Å²) in [4.78, 5) is 97.9. The zero-order chi connectivity index (χ0) is 38.0. The van der Waals surface area contributed by atoms with E-state index < -0.39 is 85.0 Å². The van der Waals surface area contributed by atoms with Crippen LogP contribution in [0.15, 0.2) is 36.4 Å². The van der Waals surface area contributed by atoms with Crippen molar-refractivity contribution in [3.05, 3.63) is 47.5 Å². The lowest BCUT2D eigenvalue weighted by Gasteiger charge is -2.44. The molecule has 3 rings (SSSR count). The molecule has 0 saturated carbocycles. The molecule has 1 N–H and O–H groups in total. The molecular weight excluding hydrogens is 682 g/mol. The molecule has 51 heavy (non-hydrogen) atoms. The lowest BCUT2D eigenvalue weighted by Crippen LogP contribution is -2.63. The average Bonchev–Trinajstić information content (AvgIpc) is 3.02. The molecule has 1 aliphatic rings. The van der Waals surface area contributed by atoms with Crippen molar-refractivity contribution in [3.8, 4) is 17.2 Å². The molecule has 2 aromatic carbocycles. The number of anilines is 1. The second-order valence-electron chi connectivity index (χ2n) is 10.7. The Morgan fingerprint density at radius 2 is 1.18 bits per heavy atom. The monoisotopic (exact) mass is 717 g/mol. The summed E-state index contributed by atoms with van der Waals surface area (Å²) in [6.07, 6.45) is -7.80. The van der Waals surface area contributed by atoms with Gasteiger partial charge < -0.3 is 47.9 Å². The maximum absolute atomic E-state index is 13.8. The highest BCUT2D eigenvalue weighted by Crippen LogP contribution is 2.34. The van der Waals surface area contributed by atoms with Gasteiger partial charge in [-0.3, -0.25) is 33.6 Å². The number of benzene rings is 2. The van der Waals surface area contributed by atoms with Gasteiger partial charge in [0, 0.05) is 41.5 Å². The number of amides is 1. The number of carbonyl (C=O) groups is 8. The molecule has 0 aliphatic carbocycles. The van der Waals surface area contributed by atoms with Crippen LogP contribution in [0.2, 0.25) is 0 Å². The largest absolute Gasteiger partial charge is 0.465 e. The van der Waals surface area contributed by atoms with Crippen molar-refractivity contribution >= 4 is 53.4 Å². The van der Waals surface area contributed by atoms with Gasteiger partial charge in [0.05, 0.1) is 23.9 Å². The zero-order valence-electron chi connectivity index (χ0n) is 28.5. The molecule has 1 aliphatic heterocycles. The van der Waals surface area contributed by atoms with Crippen molar-refractivity contribution in [3.63, 3.8) is 0 Å². The predicted molar refractivity (Wildman–Crippen MR) is 167 cm³/mol. The Kier molecular flexibility index (Phi) is 13.6. The van der Waals surface area contributed by atoms with E-state index in [0.29, 0.717) is 0 Å². The molecule has 1 heterocycles. The molecule has 274 valence electrons. The van der Waals surface area contributed by atoms with Crippen molar-refractivity contribution < 1.29 is 81.0 Å². The van der Waals surface area contributed by atoms with Crippen molar-refractivity contribution in [2.24, 2.45) is 0 Å². The number of esters is 7. The second kappa shape index (κ2) is 17.6. The van der Waals surface area contributed by atoms with E-state index in [4.69, 9.17) is 42.6 Å². The summed E-state index contributed by atoms with van der Waals surface area (Å²) in [7, 11) is 1.09. The molecule has 0 aromatic heterocycles. The van der Waals surface area contributed by atoms with Crippen LogP contribution in [0.4, 0.5) is 5.69 Å². The van der Waals surface area contributed by atoms with Gasteiger partial charge in [-0.2, -0.15) is 0 Å². The average molecular weight is 718 g/mol. The Labute approximate surface area is 290 Å². The normalized spacial score (nSPS) is 19.3. The number of ether oxygens (including phenoxy) is 9. The quantitative estimate of drug-likeness (QED) is 0.188. The third-order valence-electron chi connectivity index (χ3n) is 6.55. The third-order valence-corrected chi connectivity index (χ3v) is 6.55. The highest BCUT2D eigenvalue weighted by molar-refractivity contribution is 6.09. The van der Waals surface area contributed by atoms with Crippen LogP contribution in [0.3, 0.4) is 0 Å². The summed E-state index contributed by atoms with van der Waals surface area (Å²) in [5.41, 5.74) is -0.636. The van der Waals surface area contributed by atoms with E-state index in [1.54, 1.807) is 0 Å². The summed E-state index contributed by atoms with van der Waals surface area (Å²) in [6.45, 7) is 5.96. The second-order valence-corrected chi connectivity index (χ2v) is 10.7. The Hall–Kier alpha value is -6.04. The molecule has 18 nitrogen and oxygen atoms in total. The Morgan fingerprint density at radius 3 is 1.71 bits per heavy atom. The van der Waals surface area contributed by atoms with Gasteiger partial charge in [0.1, 0.15) is 30.0 Å². The van der Waals surface area contributed by atoms with Crippen LogP contribution in [-0.2, 0) is 57.2 Å². The van der Waals surface area contributed by atoms with Crippen LogP contribution in [0.5, 0.6) is 17.2 Å². The zero-order valence-corrected chi connectivity index (χ0v) is 28.5. The molecule has 0 bridgehead atoms. The highest BCUT2D eigenvalue weighted by Gasteiger charge is 2.53. The lowest BCUT2D eigenvalue weighted by molar-refractivity contribution is -0.288. The van der Waals surface area contributed by atoms with Crippen molar-refractivity contribution in [2.75, 3.05) is 19.0 Å². The minimum absolute atomic E-state index is 0.0227. The van der Waals surface area contributed by atoms with Gasteiger partial charge in [-0.05, 0) is 36.4 Å². The number of methoxy groups -OCH3 is 1. The smallest absolute Gasteiger partial charge is 0.340 e. The van der Waals surface area contributed by atoms with Crippen LogP contribution in [0.1, 0.15) is 62.3 Å². The van der Waals surface area contributed by atoms with Crippen molar-refractivity contribution in [1.29, 1.82) is 0 Å². The first-order valence-corrected chi connectivity index (χ1v) is 15.0. The number of hydrogen-bond donors (Lipinski definition) is 1. The van der Waals surface area contributed by atoms with Gasteiger partial charge in [-0.25, -0.2) is 4.79 Å². The summed E-state index contributed by atoms with van der Waals surface area (Å²) < 4.78 is 48.3. The first kappa shape index (κ1) is 39.4. The lowest BCUT2D eigenvalue weighted by atomic mass is 9.98. The minimum Gasteiger partial charge on any atom is -0.465 e. The van der Waals surface area contributed by atoms with E-state index in [-0.39, 0.29) is 34.1 Å². The molecule has 1 fully saturated rings. The van der Waals surface area contributed by atoms with Gasteiger partial charge in [-0.1, -0.05) is 0 Å². The van der Waals surface area contributed by atoms with Crippen LogP contribution >= 0.6 is 0 Å². The van der Waals surface area contributed by atoms with Crippen LogP contribution < -0.4 is 19.5 Å². The fourth-order valence-electron chi connectivity index (χ4n) is 4.76. The molecular formula is C33H35NO17. The Bertz CT molecular complexity index is 1700. The molecule has 0 radical (unpaired) electrons. The SMILES string of the molecule is COC(=O)c1cc(OC(C)=O)ccc1NC(=O)c1cc(OC(C)=O)ccc1O[C@@H]1O[C@H](COC(C)=O)[C@@H](OC(C)=O)[C@H](OC(C)=O)[C@H]1OC(C)=O. The van der Waals surface area contributed by atoms with Crippen LogP contribution in [0.25, 0.3) is 0 Å². The Morgan fingerprint density at radius 1 is 0.647 bits per heavy atom. The highest BCUT2D eigenvalue weighted by atomic mass is 16.7. The summed E-state index contributed by atoms with van der Waals surface area (Å²) in [6, 6.07) is 7.29. The standard InChI is InChI=1S/C33H35NO17/c1-15(35)44-14-27-28(47-18(4)38)29(48-19(5)39)30(49-20(6)40)33(51-27)50-26-11-9-22(46-17(3)37)13-24(26)31(41)34-25-10-8-21(45-16(2)36)12-23(25)32(42)43-7/h8-13,27-30,33H,14H2,1-7H3,(H,34,41)/t27-,28-,29+,30-,33-/m1/s1. The number of hydrogen-bond acceptors (Lipinski definition) is 17. The van der Waals surface area contributed by atoms with Gasteiger partial charge in [0.2, 0.25) is 12.4 Å². The maximum Gasteiger partial charge on any atom is 0.340 e. The van der Waals surface area contributed by atoms with E-state index >= 15 is 0 Å². The van der Waals surface area contributed by atoms with Crippen LogP contribution in [-0.4, -0.2) is 92.1 Å².